The van der Waals surface area contributed by atoms with Gasteiger partial charge in [-0.25, -0.2) is 0 Å². The molecule has 0 atom stereocenters. The van der Waals surface area contributed by atoms with Gasteiger partial charge in [0.2, 0.25) is 0 Å². The van der Waals surface area contributed by atoms with Crippen molar-refractivity contribution in [2.45, 2.75) is 19.4 Å². The number of hydrogen-bond acceptors (Lipinski definition) is 3. The maximum atomic E-state index is 12.2. The predicted octanol–water partition coefficient (Wildman–Crippen LogP) is 1.08. The third-order valence-corrected chi connectivity index (χ3v) is 3.57. The molecule has 19 heavy (non-hydrogen) atoms. The van der Waals surface area contributed by atoms with E-state index in [1.165, 1.54) is 0 Å². The van der Waals surface area contributed by atoms with Crippen LogP contribution in [-0.2, 0) is 11.3 Å². The van der Waals surface area contributed by atoms with Crippen molar-refractivity contribution in [2.75, 3.05) is 13.1 Å². The number of carbonyl (C=O) groups excluding carboxylic acids is 1. The van der Waals surface area contributed by atoms with Crippen LogP contribution in [0.4, 0.5) is 0 Å². The van der Waals surface area contributed by atoms with Gasteiger partial charge in [-0.15, -0.1) is 0 Å². The van der Waals surface area contributed by atoms with Gasteiger partial charge in [0.05, 0.1) is 5.92 Å². The first-order chi connectivity index (χ1) is 9.11. The Hall–Kier alpha value is -1.88. The lowest BCUT2D eigenvalue weighted by Crippen LogP contribution is -2.40. The minimum Gasteiger partial charge on any atom is -0.481 e. The Bertz CT molecular complexity index is 462. The van der Waals surface area contributed by atoms with E-state index in [2.05, 4.69) is 0 Å². The van der Waals surface area contributed by atoms with Gasteiger partial charge in [-0.1, -0.05) is 12.1 Å². The lowest BCUT2D eigenvalue weighted by Gasteiger charge is -2.30. The number of aliphatic carboxylic acids is 1. The fraction of sp³-hybridized carbons (Fsp3) is 0.429. The highest BCUT2D eigenvalue weighted by Crippen LogP contribution is 2.19. The van der Waals surface area contributed by atoms with Crippen LogP contribution < -0.4 is 5.73 Å². The Kier molecular flexibility index (Phi) is 4.16. The molecular formula is C14H18N2O3. The molecule has 5 heteroatoms. The Morgan fingerprint density at radius 2 is 1.79 bits per heavy atom. The topological polar surface area (TPSA) is 83.6 Å². The van der Waals surface area contributed by atoms with E-state index in [0.717, 1.165) is 5.56 Å². The average Bonchev–Trinajstić information content (AvgIpc) is 2.46. The smallest absolute Gasteiger partial charge is 0.306 e. The molecule has 5 nitrogen and oxygen atoms in total. The van der Waals surface area contributed by atoms with E-state index in [4.69, 9.17) is 10.8 Å². The van der Waals surface area contributed by atoms with E-state index in [0.29, 0.717) is 38.0 Å². The molecule has 1 amide bonds. The summed E-state index contributed by atoms with van der Waals surface area (Å²) < 4.78 is 0. The molecule has 0 saturated carbocycles. The van der Waals surface area contributed by atoms with Crippen molar-refractivity contribution in [2.24, 2.45) is 11.7 Å². The van der Waals surface area contributed by atoms with E-state index in [1.807, 2.05) is 12.1 Å². The number of amides is 1. The van der Waals surface area contributed by atoms with Gasteiger partial charge >= 0.3 is 5.97 Å². The molecule has 1 aromatic rings. The molecular weight excluding hydrogens is 244 g/mol. The van der Waals surface area contributed by atoms with Crippen molar-refractivity contribution >= 4 is 11.9 Å². The molecule has 0 unspecified atom stereocenters. The van der Waals surface area contributed by atoms with Gasteiger partial charge in [0.1, 0.15) is 0 Å². The summed E-state index contributed by atoms with van der Waals surface area (Å²) in [5.74, 6) is -1.12. The van der Waals surface area contributed by atoms with Gasteiger partial charge in [0.25, 0.3) is 5.91 Å². The van der Waals surface area contributed by atoms with Crippen LogP contribution in [0.5, 0.6) is 0 Å². The highest BCUT2D eigenvalue weighted by molar-refractivity contribution is 5.94. The second kappa shape index (κ2) is 5.84. The number of piperidine rings is 1. The first-order valence-electron chi connectivity index (χ1n) is 6.43. The second-order valence-electron chi connectivity index (χ2n) is 4.81. The number of carboxylic acids is 1. The summed E-state index contributed by atoms with van der Waals surface area (Å²) >= 11 is 0. The lowest BCUT2D eigenvalue weighted by molar-refractivity contribution is -0.143. The quantitative estimate of drug-likeness (QED) is 0.853. The molecule has 3 N–H and O–H groups in total. The SMILES string of the molecule is NCc1ccc(C(=O)N2CCC(C(=O)O)CC2)cc1. The summed E-state index contributed by atoms with van der Waals surface area (Å²) in [4.78, 5) is 24.8. The standard InChI is InChI=1S/C14H18N2O3/c15-9-10-1-3-11(4-2-10)13(17)16-7-5-12(6-8-16)14(18)19/h1-4,12H,5-9,15H2,(H,18,19). The van der Waals surface area contributed by atoms with Crippen LogP contribution in [0.15, 0.2) is 24.3 Å². The van der Waals surface area contributed by atoms with Crippen LogP contribution in [0.2, 0.25) is 0 Å². The van der Waals surface area contributed by atoms with Crippen molar-refractivity contribution in [1.29, 1.82) is 0 Å². The number of carbonyl (C=O) groups is 2. The van der Waals surface area contributed by atoms with Gasteiger partial charge < -0.3 is 15.7 Å². The Morgan fingerprint density at radius 3 is 2.26 bits per heavy atom. The Labute approximate surface area is 112 Å². The van der Waals surface area contributed by atoms with E-state index in [9.17, 15) is 9.59 Å². The van der Waals surface area contributed by atoms with Crippen molar-refractivity contribution in [3.8, 4) is 0 Å². The Balaban J connectivity index is 1.98. The van der Waals surface area contributed by atoms with Crippen LogP contribution in [0.3, 0.4) is 0 Å². The number of rotatable bonds is 3. The third-order valence-electron chi connectivity index (χ3n) is 3.57. The van der Waals surface area contributed by atoms with E-state index >= 15 is 0 Å². The molecule has 0 aromatic heterocycles. The van der Waals surface area contributed by atoms with Crippen LogP contribution in [0, 0.1) is 5.92 Å². The third kappa shape index (κ3) is 3.12. The maximum absolute atomic E-state index is 12.2. The van der Waals surface area contributed by atoms with E-state index in [1.54, 1.807) is 17.0 Å². The molecule has 1 heterocycles. The van der Waals surface area contributed by atoms with Crippen LogP contribution in [-0.4, -0.2) is 35.0 Å². The molecule has 1 aromatic carbocycles. The fourth-order valence-electron chi connectivity index (χ4n) is 2.30. The highest BCUT2D eigenvalue weighted by Gasteiger charge is 2.27. The highest BCUT2D eigenvalue weighted by atomic mass is 16.4. The minimum atomic E-state index is -0.764. The summed E-state index contributed by atoms with van der Waals surface area (Å²) in [6.45, 7) is 1.47. The van der Waals surface area contributed by atoms with Gasteiger partial charge in [-0.3, -0.25) is 9.59 Å². The summed E-state index contributed by atoms with van der Waals surface area (Å²) in [5.41, 5.74) is 7.13. The molecule has 1 fully saturated rings. The molecule has 0 aliphatic carbocycles. The van der Waals surface area contributed by atoms with Crippen LogP contribution in [0.1, 0.15) is 28.8 Å². The molecule has 102 valence electrons. The number of likely N-dealkylation sites (tertiary alicyclic amines) is 1. The Morgan fingerprint density at radius 1 is 1.21 bits per heavy atom. The van der Waals surface area contributed by atoms with Crippen molar-refractivity contribution in [3.63, 3.8) is 0 Å². The largest absolute Gasteiger partial charge is 0.481 e. The fourth-order valence-corrected chi connectivity index (χ4v) is 2.30. The number of nitrogens with zero attached hydrogens (tertiary/aromatic N) is 1. The average molecular weight is 262 g/mol. The van der Waals surface area contributed by atoms with Gasteiger partial charge in [0.15, 0.2) is 0 Å². The zero-order valence-electron chi connectivity index (χ0n) is 10.7. The van der Waals surface area contributed by atoms with Gasteiger partial charge in [-0.2, -0.15) is 0 Å². The first kappa shape index (κ1) is 13.5. The molecule has 1 saturated heterocycles. The summed E-state index contributed by atoms with van der Waals surface area (Å²) in [5, 5.41) is 8.92. The summed E-state index contributed by atoms with van der Waals surface area (Å²) in [6.07, 6.45) is 1.06. The zero-order chi connectivity index (χ0) is 13.8. The molecule has 0 spiro atoms. The molecule has 0 bridgehead atoms. The lowest BCUT2D eigenvalue weighted by atomic mass is 9.96. The summed E-state index contributed by atoms with van der Waals surface area (Å²) in [7, 11) is 0. The van der Waals surface area contributed by atoms with Crippen molar-refractivity contribution in [3.05, 3.63) is 35.4 Å². The predicted molar refractivity (Wildman–Crippen MR) is 70.6 cm³/mol. The van der Waals surface area contributed by atoms with Crippen LogP contribution >= 0.6 is 0 Å². The molecule has 2 rings (SSSR count). The van der Waals surface area contributed by atoms with Crippen molar-refractivity contribution < 1.29 is 14.7 Å². The molecule has 1 aliphatic heterocycles. The minimum absolute atomic E-state index is 0.0348. The summed E-state index contributed by atoms with van der Waals surface area (Å²) in [6, 6.07) is 7.23. The first-order valence-corrected chi connectivity index (χ1v) is 6.43. The zero-order valence-corrected chi connectivity index (χ0v) is 10.7. The van der Waals surface area contributed by atoms with E-state index in [-0.39, 0.29) is 11.8 Å². The number of hydrogen-bond donors (Lipinski definition) is 2. The molecule has 0 radical (unpaired) electrons. The second-order valence-corrected chi connectivity index (χ2v) is 4.81. The number of carboxylic acid groups (broad SMARTS) is 1. The normalized spacial score (nSPS) is 16.4. The molecule has 1 aliphatic rings. The number of benzene rings is 1. The van der Waals surface area contributed by atoms with Gasteiger partial charge in [-0.05, 0) is 30.5 Å². The van der Waals surface area contributed by atoms with Crippen LogP contribution in [0.25, 0.3) is 0 Å². The maximum Gasteiger partial charge on any atom is 0.306 e. The van der Waals surface area contributed by atoms with Gasteiger partial charge in [0, 0.05) is 25.2 Å². The van der Waals surface area contributed by atoms with Crippen molar-refractivity contribution in [1.82, 2.24) is 4.90 Å². The number of nitrogens with two attached hydrogens (primary N) is 1. The monoisotopic (exact) mass is 262 g/mol. The van der Waals surface area contributed by atoms with E-state index < -0.39 is 5.97 Å².